The van der Waals surface area contributed by atoms with Crippen LogP contribution in [0.2, 0.25) is 0 Å². The number of unbranched alkanes of at least 4 members (excludes halogenated alkanes) is 2. The van der Waals surface area contributed by atoms with Gasteiger partial charge in [0.1, 0.15) is 5.67 Å². The summed E-state index contributed by atoms with van der Waals surface area (Å²) in [5, 5.41) is 8.97. The van der Waals surface area contributed by atoms with Crippen LogP contribution in [0, 0.1) is 0 Å². The Bertz CT molecular complexity index is 302. The van der Waals surface area contributed by atoms with Crippen molar-refractivity contribution in [1.29, 1.82) is 0 Å². The molecule has 0 aliphatic rings. The van der Waals surface area contributed by atoms with Gasteiger partial charge in [-0.05, 0) is 24.8 Å². The van der Waals surface area contributed by atoms with Crippen LogP contribution in [0.5, 0.6) is 0 Å². The summed E-state index contributed by atoms with van der Waals surface area (Å²) >= 11 is 0. The molecule has 0 saturated heterocycles. The maximum absolute atomic E-state index is 14.7. The van der Waals surface area contributed by atoms with Crippen molar-refractivity contribution in [2.45, 2.75) is 37.8 Å². The second-order valence-corrected chi connectivity index (χ2v) is 4.30. The number of hydrogen-bond acceptors (Lipinski definition) is 1. The van der Waals surface area contributed by atoms with E-state index in [1.165, 1.54) is 0 Å². The third-order valence-electron chi connectivity index (χ3n) is 3.01. The third-order valence-corrected chi connectivity index (χ3v) is 3.01. The Kier molecular flexibility index (Phi) is 6.12. The number of alkyl halides is 2. The minimum Gasteiger partial charge on any atom is -0.396 e. The van der Waals surface area contributed by atoms with Crippen LogP contribution in [0.3, 0.4) is 0 Å². The molecular formula is C14H20F2O. The lowest BCUT2D eigenvalue weighted by molar-refractivity contribution is 0.0992. The fraction of sp³-hybridized carbons (Fsp3) is 0.571. The monoisotopic (exact) mass is 242 g/mol. The van der Waals surface area contributed by atoms with Crippen LogP contribution in [-0.4, -0.2) is 18.4 Å². The number of aliphatic hydroxyl groups is 1. The molecule has 1 rings (SSSR count). The van der Waals surface area contributed by atoms with Crippen LogP contribution in [0.4, 0.5) is 8.78 Å². The molecule has 0 unspecified atom stereocenters. The van der Waals surface area contributed by atoms with E-state index in [1.807, 2.05) is 6.07 Å². The summed E-state index contributed by atoms with van der Waals surface area (Å²) in [5.41, 5.74) is -0.874. The summed E-state index contributed by atoms with van der Waals surface area (Å²) in [6.45, 7) is -0.515. The predicted octanol–water partition coefficient (Wildman–Crippen LogP) is 3.76. The summed E-state index contributed by atoms with van der Waals surface area (Å²) < 4.78 is 26.6. The first kappa shape index (κ1) is 14.1. The minimum atomic E-state index is -1.48. The Morgan fingerprint density at radius 2 is 1.71 bits per heavy atom. The molecule has 1 aromatic rings. The van der Waals surface area contributed by atoms with E-state index in [-0.39, 0.29) is 19.7 Å². The highest BCUT2D eigenvalue weighted by Crippen LogP contribution is 2.35. The molecule has 0 fully saturated rings. The Balaban J connectivity index is 2.62. The number of benzene rings is 1. The number of rotatable bonds is 8. The van der Waals surface area contributed by atoms with Gasteiger partial charge in [0.15, 0.2) is 0 Å². The number of aliphatic hydroxyl groups excluding tert-OH is 1. The maximum atomic E-state index is 14.7. The Labute approximate surface area is 101 Å². The summed E-state index contributed by atoms with van der Waals surface area (Å²) in [7, 11) is 0. The van der Waals surface area contributed by atoms with E-state index < -0.39 is 5.67 Å². The standard InChI is InChI=1S/C14H20F2O/c15-11-6-2-5-9-14(16,10-12-17)13-7-3-1-4-8-13/h1,3-4,7-8,17H,2,5-6,9-12H2/t14-/m1/s1. The van der Waals surface area contributed by atoms with Gasteiger partial charge in [-0.3, -0.25) is 4.39 Å². The number of hydrogen-bond donors (Lipinski definition) is 1. The van der Waals surface area contributed by atoms with Crippen LogP contribution in [-0.2, 0) is 5.67 Å². The quantitative estimate of drug-likeness (QED) is 0.688. The molecule has 1 atom stereocenters. The lowest BCUT2D eigenvalue weighted by atomic mass is 9.87. The summed E-state index contributed by atoms with van der Waals surface area (Å²) in [5.74, 6) is 0. The summed E-state index contributed by atoms with van der Waals surface area (Å²) in [4.78, 5) is 0. The molecule has 96 valence electrons. The third kappa shape index (κ3) is 4.43. The molecule has 1 nitrogen and oxygen atoms in total. The molecule has 0 aromatic heterocycles. The summed E-state index contributed by atoms with van der Waals surface area (Å²) in [6, 6.07) is 8.91. The largest absolute Gasteiger partial charge is 0.396 e. The van der Waals surface area contributed by atoms with Gasteiger partial charge in [0.05, 0.1) is 6.67 Å². The fourth-order valence-corrected chi connectivity index (χ4v) is 2.00. The van der Waals surface area contributed by atoms with Crippen molar-refractivity contribution >= 4 is 0 Å². The molecule has 0 radical (unpaired) electrons. The van der Waals surface area contributed by atoms with E-state index in [1.54, 1.807) is 24.3 Å². The van der Waals surface area contributed by atoms with E-state index in [0.717, 1.165) is 0 Å². The van der Waals surface area contributed by atoms with E-state index in [9.17, 15) is 8.78 Å². The van der Waals surface area contributed by atoms with Gasteiger partial charge in [-0.1, -0.05) is 36.8 Å². The van der Waals surface area contributed by atoms with Gasteiger partial charge >= 0.3 is 0 Å². The smallest absolute Gasteiger partial charge is 0.138 e. The topological polar surface area (TPSA) is 20.2 Å². The van der Waals surface area contributed by atoms with Gasteiger partial charge in [-0.15, -0.1) is 0 Å². The zero-order valence-corrected chi connectivity index (χ0v) is 10.0. The first-order valence-corrected chi connectivity index (χ1v) is 6.14. The average Bonchev–Trinajstić information content (AvgIpc) is 2.36. The highest BCUT2D eigenvalue weighted by Gasteiger charge is 2.30. The first-order valence-electron chi connectivity index (χ1n) is 6.14. The minimum absolute atomic E-state index is 0.104. The lowest BCUT2D eigenvalue weighted by Crippen LogP contribution is -2.21. The van der Waals surface area contributed by atoms with Gasteiger partial charge in [-0.25, -0.2) is 4.39 Å². The predicted molar refractivity (Wildman–Crippen MR) is 65.4 cm³/mol. The zero-order chi connectivity index (χ0) is 12.6. The molecule has 0 heterocycles. The highest BCUT2D eigenvalue weighted by atomic mass is 19.1. The van der Waals surface area contributed by atoms with Crippen molar-refractivity contribution in [2.24, 2.45) is 0 Å². The van der Waals surface area contributed by atoms with Gasteiger partial charge < -0.3 is 5.11 Å². The lowest BCUT2D eigenvalue weighted by Gasteiger charge is -2.25. The van der Waals surface area contributed by atoms with Gasteiger partial charge in [0, 0.05) is 13.0 Å². The molecule has 0 bridgehead atoms. The average molecular weight is 242 g/mol. The molecule has 17 heavy (non-hydrogen) atoms. The fourth-order valence-electron chi connectivity index (χ4n) is 2.00. The molecule has 1 aromatic carbocycles. The van der Waals surface area contributed by atoms with E-state index in [4.69, 9.17) is 5.11 Å². The Hall–Kier alpha value is -0.960. The van der Waals surface area contributed by atoms with Crippen LogP contribution in [0.15, 0.2) is 30.3 Å². The van der Waals surface area contributed by atoms with Crippen LogP contribution in [0.1, 0.15) is 37.7 Å². The first-order chi connectivity index (χ1) is 8.23. The van der Waals surface area contributed by atoms with Crippen molar-refractivity contribution in [3.63, 3.8) is 0 Å². The van der Waals surface area contributed by atoms with Gasteiger partial charge in [-0.2, -0.15) is 0 Å². The molecule has 0 spiro atoms. The van der Waals surface area contributed by atoms with Crippen LogP contribution in [0.25, 0.3) is 0 Å². The van der Waals surface area contributed by atoms with Crippen LogP contribution >= 0.6 is 0 Å². The van der Waals surface area contributed by atoms with Crippen molar-refractivity contribution < 1.29 is 13.9 Å². The maximum Gasteiger partial charge on any atom is 0.138 e. The zero-order valence-electron chi connectivity index (χ0n) is 10.0. The van der Waals surface area contributed by atoms with Crippen molar-refractivity contribution in [2.75, 3.05) is 13.3 Å². The Morgan fingerprint density at radius 1 is 1.00 bits per heavy atom. The molecule has 0 aliphatic heterocycles. The van der Waals surface area contributed by atoms with Crippen molar-refractivity contribution in [1.82, 2.24) is 0 Å². The Morgan fingerprint density at radius 3 is 2.29 bits per heavy atom. The second kappa shape index (κ2) is 7.38. The van der Waals surface area contributed by atoms with Crippen LogP contribution < -0.4 is 0 Å². The SMILES string of the molecule is OCC[C@](F)(CCCCCF)c1ccccc1. The van der Waals surface area contributed by atoms with E-state index in [2.05, 4.69) is 0 Å². The number of halogens is 2. The van der Waals surface area contributed by atoms with Gasteiger partial charge in [0.25, 0.3) is 0 Å². The van der Waals surface area contributed by atoms with Gasteiger partial charge in [0.2, 0.25) is 0 Å². The second-order valence-electron chi connectivity index (χ2n) is 4.30. The molecule has 0 amide bonds. The van der Waals surface area contributed by atoms with Crippen molar-refractivity contribution in [3.8, 4) is 0 Å². The summed E-state index contributed by atoms with van der Waals surface area (Å²) in [6.07, 6.45) is 2.28. The molecule has 0 aliphatic carbocycles. The molecule has 0 saturated carbocycles. The van der Waals surface area contributed by atoms with Crippen molar-refractivity contribution in [3.05, 3.63) is 35.9 Å². The highest BCUT2D eigenvalue weighted by molar-refractivity contribution is 5.22. The normalized spacial score (nSPS) is 14.5. The molecular weight excluding hydrogens is 222 g/mol. The molecule has 1 N–H and O–H groups in total. The molecule has 3 heteroatoms. The van der Waals surface area contributed by atoms with E-state index >= 15 is 0 Å². The van der Waals surface area contributed by atoms with E-state index in [0.29, 0.717) is 31.2 Å².